The Hall–Kier alpha value is 0.177. The fourth-order valence-electron chi connectivity index (χ4n) is 0.949. The van der Waals surface area contributed by atoms with Crippen LogP contribution >= 0.6 is 0 Å². The van der Waals surface area contributed by atoms with Crippen LogP contribution in [0.4, 0.5) is 0 Å². The van der Waals surface area contributed by atoms with Gasteiger partial charge in [0.15, 0.2) is 0 Å². The average molecular weight is 131 g/mol. The lowest BCUT2D eigenvalue weighted by Gasteiger charge is -2.25. The molecule has 0 rings (SSSR count). The number of hydrogen-bond donors (Lipinski definition) is 0. The Morgan fingerprint density at radius 2 is 1.50 bits per heavy atom. The predicted molar refractivity (Wildman–Crippen MR) is 40.4 cm³/mol. The Morgan fingerprint density at radius 1 is 1.12 bits per heavy atom. The topological polar surface area (TPSA) is 0 Å². The van der Waals surface area contributed by atoms with Crippen LogP contribution in [0.2, 0.25) is 13.1 Å². The molecule has 0 bridgehead atoms. The zero-order chi connectivity index (χ0) is 6.78. The van der Waals surface area contributed by atoms with E-state index in [9.17, 15) is 0 Å². The van der Waals surface area contributed by atoms with Crippen molar-refractivity contribution in [3.05, 3.63) is 0 Å². The molecule has 0 aliphatic heterocycles. The Balaban J connectivity index is 3.39. The van der Waals surface area contributed by atoms with E-state index >= 15 is 0 Å². The lowest BCUT2D eigenvalue weighted by atomic mass is 10.8. The molecule has 0 aromatic carbocycles. The zero-order valence-electron chi connectivity index (χ0n) is 6.65. The van der Waals surface area contributed by atoms with Gasteiger partial charge >= 0.3 is 0 Å². The second-order valence-corrected chi connectivity index (χ2v) is 6.39. The first-order chi connectivity index (χ1) is 3.42. The Morgan fingerprint density at radius 3 is 1.50 bits per heavy atom. The second-order valence-electron chi connectivity index (χ2n) is 3.66. The van der Waals surface area contributed by atoms with E-state index in [0.29, 0.717) is 0 Å². The van der Waals surface area contributed by atoms with Gasteiger partial charge in [0.25, 0.3) is 0 Å². The number of rotatable bonds is 2. The third-order valence-corrected chi connectivity index (χ3v) is 2.37. The summed E-state index contributed by atoms with van der Waals surface area (Å²) in [5.41, 5.74) is 0. The van der Waals surface area contributed by atoms with Crippen molar-refractivity contribution in [3.63, 3.8) is 0 Å². The summed E-state index contributed by atoms with van der Waals surface area (Å²) in [6.45, 7) is 4.71. The molecule has 8 heavy (non-hydrogen) atoms. The highest BCUT2D eigenvalue weighted by Crippen LogP contribution is 1.91. The van der Waals surface area contributed by atoms with Crippen LogP contribution in [0.1, 0.15) is 0 Å². The number of quaternary nitrogens is 1. The molecule has 0 aliphatic rings. The van der Waals surface area contributed by atoms with Crippen molar-refractivity contribution in [1.82, 2.24) is 0 Å². The van der Waals surface area contributed by atoms with Crippen molar-refractivity contribution < 1.29 is 4.48 Å². The molecule has 0 spiro atoms. The first kappa shape index (κ1) is 8.18. The summed E-state index contributed by atoms with van der Waals surface area (Å²) in [5.74, 6) is 0. The maximum Gasteiger partial charge on any atom is 0.113 e. The number of nitrogens with zero attached hydrogens (tertiary/aromatic N) is 1. The maximum atomic E-state index is 2.36. The van der Waals surface area contributed by atoms with Crippen LogP contribution in [-0.2, 0) is 0 Å². The van der Waals surface area contributed by atoms with Crippen LogP contribution in [0, 0.1) is 0 Å². The largest absolute Gasteiger partial charge is 0.335 e. The minimum absolute atomic E-state index is 0.0198. The molecule has 2 heteroatoms. The molecule has 0 amide bonds. The normalized spacial score (nSPS) is 12.8. The van der Waals surface area contributed by atoms with Crippen molar-refractivity contribution in [2.75, 3.05) is 27.3 Å². The van der Waals surface area contributed by atoms with Gasteiger partial charge in [0.2, 0.25) is 0 Å². The molecule has 49 valence electrons. The Bertz CT molecular complexity index is 63.4. The molecule has 0 aliphatic carbocycles. The van der Waals surface area contributed by atoms with Crippen molar-refractivity contribution in [1.29, 1.82) is 0 Å². The van der Waals surface area contributed by atoms with Gasteiger partial charge in [0, 0.05) is 0 Å². The van der Waals surface area contributed by atoms with E-state index in [1.807, 2.05) is 0 Å². The van der Waals surface area contributed by atoms with Gasteiger partial charge < -0.3 is 4.48 Å². The molecular formula is C6H17NSi+. The van der Waals surface area contributed by atoms with Crippen LogP contribution in [0.25, 0.3) is 0 Å². The lowest BCUT2D eigenvalue weighted by Crippen LogP contribution is -2.41. The van der Waals surface area contributed by atoms with Crippen LogP contribution < -0.4 is 0 Å². The quantitative estimate of drug-likeness (QED) is 0.387. The molecule has 0 saturated carbocycles. The van der Waals surface area contributed by atoms with Gasteiger partial charge in [-0.25, -0.2) is 0 Å². The molecule has 0 unspecified atom stereocenters. The lowest BCUT2D eigenvalue weighted by molar-refractivity contribution is -0.859. The van der Waals surface area contributed by atoms with E-state index < -0.39 is 0 Å². The first-order valence-electron chi connectivity index (χ1n) is 3.01. The van der Waals surface area contributed by atoms with E-state index in [-0.39, 0.29) is 8.80 Å². The fraction of sp³-hybridized carbons (Fsp3) is 1.00. The SMILES string of the molecule is C[Si](C)C[N+](C)(C)C. The second kappa shape index (κ2) is 2.64. The molecule has 0 atom stereocenters. The highest BCUT2D eigenvalue weighted by atomic mass is 28.3. The van der Waals surface area contributed by atoms with Crippen LogP contribution in [0.5, 0.6) is 0 Å². The van der Waals surface area contributed by atoms with Crippen LogP contribution in [0.3, 0.4) is 0 Å². The molecule has 0 N–H and O–H groups in total. The molecular weight excluding hydrogens is 114 g/mol. The van der Waals surface area contributed by atoms with Crippen molar-refractivity contribution in [2.24, 2.45) is 0 Å². The minimum Gasteiger partial charge on any atom is -0.335 e. The summed E-state index contributed by atoms with van der Waals surface area (Å²) in [5, 5.41) is 0. The van der Waals surface area contributed by atoms with E-state index in [4.69, 9.17) is 0 Å². The van der Waals surface area contributed by atoms with E-state index in [1.165, 1.54) is 6.17 Å². The summed E-state index contributed by atoms with van der Waals surface area (Å²) in [6, 6.07) is 0. The van der Waals surface area contributed by atoms with Gasteiger partial charge in [-0.1, -0.05) is 13.1 Å². The standard InChI is InChI=1S/C6H17NSi/c1-7(2,3)6-8(4)5/h6H2,1-5H3/q+1. The highest BCUT2D eigenvalue weighted by molar-refractivity contribution is 6.55. The van der Waals surface area contributed by atoms with Gasteiger partial charge in [-0.2, -0.15) is 0 Å². The zero-order valence-corrected chi connectivity index (χ0v) is 7.65. The fourth-order valence-corrected chi connectivity index (χ4v) is 2.85. The van der Waals surface area contributed by atoms with Crippen LogP contribution in [-0.4, -0.2) is 40.6 Å². The molecule has 0 heterocycles. The molecule has 0 saturated heterocycles. The van der Waals surface area contributed by atoms with Gasteiger partial charge in [-0.05, 0) is 0 Å². The van der Waals surface area contributed by atoms with Gasteiger partial charge in [-0.15, -0.1) is 0 Å². The Kier molecular flexibility index (Phi) is 2.70. The first-order valence-corrected chi connectivity index (χ1v) is 5.72. The summed E-state index contributed by atoms with van der Waals surface area (Å²) < 4.78 is 1.13. The van der Waals surface area contributed by atoms with Gasteiger partial charge in [-0.3, -0.25) is 0 Å². The molecule has 0 aromatic rings. The molecule has 1 radical (unpaired) electrons. The maximum absolute atomic E-state index is 2.36. The Labute approximate surface area is 54.5 Å². The predicted octanol–water partition coefficient (Wildman–Crippen LogP) is 0.986. The smallest absolute Gasteiger partial charge is 0.113 e. The summed E-state index contributed by atoms with van der Waals surface area (Å²) in [4.78, 5) is 0. The van der Waals surface area contributed by atoms with Gasteiger partial charge in [0.1, 0.15) is 8.80 Å². The van der Waals surface area contributed by atoms with Crippen molar-refractivity contribution in [3.8, 4) is 0 Å². The highest BCUT2D eigenvalue weighted by Gasteiger charge is 2.09. The molecule has 0 fully saturated rings. The molecule has 0 aromatic heterocycles. The monoisotopic (exact) mass is 131 g/mol. The van der Waals surface area contributed by atoms with E-state index in [1.54, 1.807) is 0 Å². The third kappa shape index (κ3) is 6.18. The summed E-state index contributed by atoms with van der Waals surface area (Å²) in [6.07, 6.45) is 1.37. The van der Waals surface area contributed by atoms with Crippen molar-refractivity contribution in [2.45, 2.75) is 13.1 Å². The number of hydrogen-bond acceptors (Lipinski definition) is 0. The van der Waals surface area contributed by atoms with E-state index in [0.717, 1.165) is 4.48 Å². The minimum atomic E-state index is -0.0198. The van der Waals surface area contributed by atoms with E-state index in [2.05, 4.69) is 34.2 Å². The van der Waals surface area contributed by atoms with Crippen LogP contribution in [0.15, 0.2) is 0 Å². The molecule has 1 nitrogen and oxygen atoms in total. The third-order valence-electron chi connectivity index (χ3n) is 0.791. The summed E-state index contributed by atoms with van der Waals surface area (Å²) in [7, 11) is 6.72. The summed E-state index contributed by atoms with van der Waals surface area (Å²) >= 11 is 0. The van der Waals surface area contributed by atoms with Crippen molar-refractivity contribution >= 4 is 8.80 Å². The average Bonchev–Trinajstić information content (AvgIpc) is 1.21. The van der Waals surface area contributed by atoms with Gasteiger partial charge in [0.05, 0.1) is 27.3 Å².